The molecule has 0 spiro atoms. The van der Waals surface area contributed by atoms with Crippen LogP contribution in [-0.2, 0) is 5.92 Å². The Morgan fingerprint density at radius 3 is 1.76 bits per heavy atom. The lowest BCUT2D eigenvalue weighted by molar-refractivity contribution is -0.0126. The highest BCUT2D eigenvalue weighted by molar-refractivity contribution is 5.52. The summed E-state index contributed by atoms with van der Waals surface area (Å²) in [6, 6.07) is 2.84. The van der Waals surface area contributed by atoms with E-state index in [1.54, 1.807) is 0 Å². The number of benzene rings is 1. The van der Waals surface area contributed by atoms with E-state index in [-0.39, 0.29) is 23.5 Å². The fraction of sp³-hybridized carbons (Fsp3) is 0.500. The van der Waals surface area contributed by atoms with Crippen LogP contribution < -0.4 is 14.2 Å². The van der Waals surface area contributed by atoms with Crippen LogP contribution in [0.5, 0.6) is 17.2 Å². The molecule has 0 saturated heterocycles. The lowest BCUT2D eigenvalue weighted by Crippen LogP contribution is -2.15. The molecule has 0 unspecified atom stereocenters. The van der Waals surface area contributed by atoms with E-state index in [1.807, 2.05) is 0 Å². The number of ether oxygens (including phenoxy) is 3. The normalized spacial score (nSPS) is 11.2. The first-order valence-electron chi connectivity index (χ1n) is 5.18. The average Bonchev–Trinajstić information content (AvgIpc) is 2.36. The molecule has 1 rings (SSSR count). The van der Waals surface area contributed by atoms with Crippen LogP contribution in [0, 0.1) is 0 Å². The third-order valence-electron chi connectivity index (χ3n) is 2.52. The zero-order valence-corrected chi connectivity index (χ0v) is 10.3. The van der Waals surface area contributed by atoms with Crippen molar-refractivity contribution in [2.75, 3.05) is 21.3 Å². The summed E-state index contributed by atoms with van der Waals surface area (Å²) in [4.78, 5) is 0. The first-order chi connectivity index (χ1) is 8.00. The summed E-state index contributed by atoms with van der Waals surface area (Å²) in [6.45, 7) is 1.41. The maximum absolute atomic E-state index is 13.8. The number of hydrogen-bond donors (Lipinski definition) is 0. The summed E-state index contributed by atoms with van der Waals surface area (Å²) in [5, 5.41) is 0. The van der Waals surface area contributed by atoms with E-state index < -0.39 is 5.92 Å². The SMILES string of the molecule is CCC(F)(F)c1c(OC)cc(OC)cc1OC. The Hall–Kier alpha value is -1.52. The van der Waals surface area contributed by atoms with Gasteiger partial charge in [-0.3, -0.25) is 0 Å². The molecule has 5 heteroatoms. The Balaban J connectivity index is 3.45. The molecule has 0 heterocycles. The lowest BCUT2D eigenvalue weighted by Gasteiger charge is -2.21. The topological polar surface area (TPSA) is 27.7 Å². The van der Waals surface area contributed by atoms with Crippen LogP contribution in [0.2, 0.25) is 0 Å². The van der Waals surface area contributed by atoms with Gasteiger partial charge in [-0.2, -0.15) is 0 Å². The van der Waals surface area contributed by atoms with Crippen LogP contribution in [0.25, 0.3) is 0 Å². The first kappa shape index (κ1) is 13.5. The van der Waals surface area contributed by atoms with Gasteiger partial charge in [-0.25, -0.2) is 8.78 Å². The molecule has 17 heavy (non-hydrogen) atoms. The van der Waals surface area contributed by atoms with E-state index in [1.165, 1.54) is 40.4 Å². The van der Waals surface area contributed by atoms with Crippen LogP contribution in [0.3, 0.4) is 0 Å². The molecule has 0 aromatic heterocycles. The fourth-order valence-corrected chi connectivity index (χ4v) is 1.54. The van der Waals surface area contributed by atoms with Gasteiger partial charge in [-0.1, -0.05) is 6.92 Å². The van der Waals surface area contributed by atoms with Gasteiger partial charge in [-0.15, -0.1) is 0 Å². The minimum atomic E-state index is -3.00. The Morgan fingerprint density at radius 2 is 1.47 bits per heavy atom. The monoisotopic (exact) mass is 246 g/mol. The second-order valence-corrected chi connectivity index (χ2v) is 3.46. The molecule has 0 aliphatic rings. The predicted octanol–water partition coefficient (Wildman–Crippen LogP) is 3.21. The Bertz CT molecular complexity index is 366. The summed E-state index contributed by atoms with van der Waals surface area (Å²) in [6.07, 6.45) is -0.327. The van der Waals surface area contributed by atoms with Crippen LogP contribution in [0.1, 0.15) is 18.9 Å². The smallest absolute Gasteiger partial charge is 0.280 e. The maximum Gasteiger partial charge on any atom is 0.280 e. The van der Waals surface area contributed by atoms with Crippen molar-refractivity contribution in [2.24, 2.45) is 0 Å². The highest BCUT2D eigenvalue weighted by Crippen LogP contribution is 2.45. The van der Waals surface area contributed by atoms with Gasteiger partial charge < -0.3 is 14.2 Å². The van der Waals surface area contributed by atoms with Crippen molar-refractivity contribution in [2.45, 2.75) is 19.3 Å². The molecule has 0 amide bonds. The number of halogens is 2. The Kier molecular flexibility index (Phi) is 4.15. The van der Waals surface area contributed by atoms with Gasteiger partial charge in [0.15, 0.2) is 0 Å². The summed E-state index contributed by atoms with van der Waals surface area (Å²) in [5.74, 6) is -2.46. The number of methoxy groups -OCH3 is 3. The van der Waals surface area contributed by atoms with Crippen molar-refractivity contribution >= 4 is 0 Å². The molecule has 1 aromatic rings. The van der Waals surface area contributed by atoms with Gasteiger partial charge in [0.25, 0.3) is 5.92 Å². The van der Waals surface area contributed by atoms with E-state index in [0.29, 0.717) is 5.75 Å². The lowest BCUT2D eigenvalue weighted by atomic mass is 10.0. The van der Waals surface area contributed by atoms with E-state index >= 15 is 0 Å². The Labute approximate surface area is 99.3 Å². The number of alkyl halides is 2. The van der Waals surface area contributed by atoms with Crippen LogP contribution in [0.15, 0.2) is 12.1 Å². The first-order valence-corrected chi connectivity index (χ1v) is 5.18. The molecule has 0 aliphatic heterocycles. The van der Waals surface area contributed by atoms with Crippen molar-refractivity contribution in [1.82, 2.24) is 0 Å². The largest absolute Gasteiger partial charge is 0.496 e. The molecule has 0 radical (unpaired) electrons. The molecule has 0 bridgehead atoms. The van der Waals surface area contributed by atoms with Crippen molar-refractivity contribution in [3.8, 4) is 17.2 Å². The van der Waals surface area contributed by atoms with Gasteiger partial charge in [0, 0.05) is 18.6 Å². The molecule has 3 nitrogen and oxygen atoms in total. The quantitative estimate of drug-likeness (QED) is 0.798. The predicted molar refractivity (Wildman–Crippen MR) is 60.3 cm³/mol. The third kappa shape index (κ3) is 2.60. The third-order valence-corrected chi connectivity index (χ3v) is 2.52. The molecule has 1 aromatic carbocycles. The van der Waals surface area contributed by atoms with Crippen molar-refractivity contribution in [3.63, 3.8) is 0 Å². The molecule has 0 atom stereocenters. The van der Waals surface area contributed by atoms with Gasteiger partial charge in [0.05, 0.1) is 21.3 Å². The molecule has 0 N–H and O–H groups in total. The van der Waals surface area contributed by atoms with Gasteiger partial charge in [0.1, 0.15) is 22.8 Å². The zero-order valence-electron chi connectivity index (χ0n) is 10.3. The summed E-state index contributed by atoms with van der Waals surface area (Å²) in [5.41, 5.74) is -0.245. The number of rotatable bonds is 5. The fourth-order valence-electron chi connectivity index (χ4n) is 1.54. The van der Waals surface area contributed by atoms with Gasteiger partial charge in [0.2, 0.25) is 0 Å². The van der Waals surface area contributed by atoms with E-state index in [2.05, 4.69) is 0 Å². The highest BCUT2D eigenvalue weighted by atomic mass is 19.3. The van der Waals surface area contributed by atoms with Crippen molar-refractivity contribution in [3.05, 3.63) is 17.7 Å². The van der Waals surface area contributed by atoms with Crippen molar-refractivity contribution in [1.29, 1.82) is 0 Å². The summed E-state index contributed by atoms with van der Waals surface area (Å²) in [7, 11) is 4.12. The molecular formula is C12H16F2O3. The minimum Gasteiger partial charge on any atom is -0.496 e. The van der Waals surface area contributed by atoms with Crippen LogP contribution in [-0.4, -0.2) is 21.3 Å². The molecule has 0 saturated carbocycles. The van der Waals surface area contributed by atoms with E-state index in [4.69, 9.17) is 14.2 Å². The zero-order chi connectivity index (χ0) is 13.1. The summed E-state index contributed by atoms with van der Waals surface area (Å²) >= 11 is 0. The molecular weight excluding hydrogens is 230 g/mol. The van der Waals surface area contributed by atoms with Crippen LogP contribution >= 0.6 is 0 Å². The average molecular weight is 246 g/mol. The van der Waals surface area contributed by atoms with E-state index in [0.717, 1.165) is 0 Å². The highest BCUT2D eigenvalue weighted by Gasteiger charge is 2.36. The van der Waals surface area contributed by atoms with Gasteiger partial charge >= 0.3 is 0 Å². The minimum absolute atomic E-state index is 0.0630. The van der Waals surface area contributed by atoms with Crippen molar-refractivity contribution < 1.29 is 23.0 Å². The van der Waals surface area contributed by atoms with Gasteiger partial charge in [-0.05, 0) is 0 Å². The molecule has 0 aliphatic carbocycles. The maximum atomic E-state index is 13.8. The molecule has 96 valence electrons. The second kappa shape index (κ2) is 5.21. The molecule has 0 fully saturated rings. The standard InChI is InChI=1S/C12H16F2O3/c1-5-12(13,14)11-9(16-3)6-8(15-2)7-10(11)17-4/h6-7H,5H2,1-4H3. The van der Waals surface area contributed by atoms with Crippen LogP contribution in [0.4, 0.5) is 8.78 Å². The Morgan fingerprint density at radius 1 is 1.00 bits per heavy atom. The number of hydrogen-bond acceptors (Lipinski definition) is 3. The second-order valence-electron chi connectivity index (χ2n) is 3.46. The van der Waals surface area contributed by atoms with E-state index in [9.17, 15) is 8.78 Å². The summed E-state index contributed by atoms with van der Waals surface area (Å²) < 4.78 is 42.6.